The molecule has 140 valence electrons. The first kappa shape index (κ1) is 17.9. The molecule has 2 aromatic heterocycles. The van der Waals surface area contributed by atoms with Gasteiger partial charge >= 0.3 is 0 Å². The number of nitrogens with one attached hydrogen (secondary N) is 1. The zero-order valence-electron chi connectivity index (χ0n) is 15.3. The van der Waals surface area contributed by atoms with E-state index in [1.165, 1.54) is 12.5 Å². The third-order valence-electron chi connectivity index (χ3n) is 4.11. The van der Waals surface area contributed by atoms with Gasteiger partial charge in [-0.25, -0.2) is 15.0 Å². The van der Waals surface area contributed by atoms with Crippen molar-refractivity contribution in [3.8, 4) is 28.8 Å². The van der Waals surface area contributed by atoms with Crippen LogP contribution in [0.5, 0.6) is 11.5 Å². The Kier molecular flexibility index (Phi) is 4.99. The number of pyridine rings is 1. The standard InChI is InChI=1S/C22H16N6O/c23-13-16-11-18(9-10-25-16)29-17-7-5-15(6-8-17)28-22-12-21(26-14-27-22)19-3-1-2-4-20(19)24/h1-12,14H,24H2,(H,26,27,28). The van der Waals surface area contributed by atoms with Gasteiger partial charge in [-0.15, -0.1) is 0 Å². The molecule has 0 aliphatic heterocycles. The van der Waals surface area contributed by atoms with Crippen molar-refractivity contribution in [3.63, 3.8) is 0 Å². The second-order valence-corrected chi connectivity index (χ2v) is 6.12. The highest BCUT2D eigenvalue weighted by Crippen LogP contribution is 2.27. The molecule has 7 heteroatoms. The summed E-state index contributed by atoms with van der Waals surface area (Å²) in [5.74, 6) is 1.85. The van der Waals surface area contributed by atoms with Gasteiger partial charge in [0.25, 0.3) is 0 Å². The normalized spacial score (nSPS) is 10.2. The monoisotopic (exact) mass is 380 g/mol. The number of benzene rings is 2. The van der Waals surface area contributed by atoms with Crippen LogP contribution in [0.1, 0.15) is 5.69 Å². The molecule has 0 saturated carbocycles. The second-order valence-electron chi connectivity index (χ2n) is 6.12. The highest BCUT2D eigenvalue weighted by Gasteiger charge is 2.06. The number of hydrogen-bond donors (Lipinski definition) is 2. The minimum absolute atomic E-state index is 0.305. The van der Waals surface area contributed by atoms with Gasteiger partial charge in [0.05, 0.1) is 5.69 Å². The maximum Gasteiger partial charge on any atom is 0.144 e. The summed E-state index contributed by atoms with van der Waals surface area (Å²) in [4.78, 5) is 12.5. The average Bonchev–Trinajstić information content (AvgIpc) is 2.76. The molecule has 0 aliphatic rings. The van der Waals surface area contributed by atoms with Crippen molar-refractivity contribution in [1.82, 2.24) is 15.0 Å². The molecular weight excluding hydrogens is 364 g/mol. The van der Waals surface area contributed by atoms with Gasteiger partial charge < -0.3 is 15.8 Å². The molecule has 2 heterocycles. The third kappa shape index (κ3) is 4.28. The fraction of sp³-hybridized carbons (Fsp3) is 0. The Morgan fingerprint density at radius 1 is 0.897 bits per heavy atom. The summed E-state index contributed by atoms with van der Waals surface area (Å²) in [5, 5.41) is 12.2. The van der Waals surface area contributed by atoms with Crippen LogP contribution in [-0.4, -0.2) is 15.0 Å². The van der Waals surface area contributed by atoms with E-state index in [0.29, 0.717) is 28.7 Å². The number of rotatable bonds is 5. The van der Waals surface area contributed by atoms with E-state index >= 15 is 0 Å². The van der Waals surface area contributed by atoms with E-state index in [1.54, 1.807) is 12.1 Å². The lowest BCUT2D eigenvalue weighted by Crippen LogP contribution is -1.97. The summed E-state index contributed by atoms with van der Waals surface area (Å²) < 4.78 is 5.76. The van der Waals surface area contributed by atoms with Gasteiger partial charge in [-0.3, -0.25) is 0 Å². The molecule has 0 unspecified atom stereocenters. The van der Waals surface area contributed by atoms with Crippen LogP contribution in [0.3, 0.4) is 0 Å². The van der Waals surface area contributed by atoms with E-state index in [9.17, 15) is 0 Å². The molecule has 0 aliphatic carbocycles. The number of para-hydroxylation sites is 1. The smallest absolute Gasteiger partial charge is 0.144 e. The van der Waals surface area contributed by atoms with Crippen LogP contribution in [0, 0.1) is 11.3 Å². The van der Waals surface area contributed by atoms with E-state index in [4.69, 9.17) is 15.7 Å². The van der Waals surface area contributed by atoms with Gasteiger partial charge in [0.2, 0.25) is 0 Å². The minimum atomic E-state index is 0.305. The molecular formula is C22H16N6O. The maximum absolute atomic E-state index is 8.92. The Bertz CT molecular complexity index is 1180. The number of nitrogens with two attached hydrogens (primary N) is 1. The zero-order chi connectivity index (χ0) is 20.1. The van der Waals surface area contributed by atoms with E-state index in [2.05, 4.69) is 20.3 Å². The van der Waals surface area contributed by atoms with Crippen LogP contribution in [-0.2, 0) is 0 Å². The molecule has 0 saturated heterocycles. The predicted octanol–water partition coefficient (Wildman–Crippen LogP) is 4.53. The predicted molar refractivity (Wildman–Crippen MR) is 111 cm³/mol. The van der Waals surface area contributed by atoms with Crippen molar-refractivity contribution < 1.29 is 4.74 Å². The summed E-state index contributed by atoms with van der Waals surface area (Å²) in [6.07, 6.45) is 3.04. The average molecular weight is 380 g/mol. The van der Waals surface area contributed by atoms with E-state index < -0.39 is 0 Å². The molecule has 29 heavy (non-hydrogen) atoms. The number of anilines is 3. The number of nitrogens with zero attached hydrogens (tertiary/aromatic N) is 4. The molecule has 7 nitrogen and oxygen atoms in total. The van der Waals surface area contributed by atoms with Crippen LogP contribution in [0.25, 0.3) is 11.3 Å². The Labute approximate surface area is 167 Å². The topological polar surface area (TPSA) is 110 Å². The minimum Gasteiger partial charge on any atom is -0.457 e. The molecule has 0 fully saturated rings. The Morgan fingerprint density at radius 2 is 1.72 bits per heavy atom. The van der Waals surface area contributed by atoms with Crippen LogP contribution < -0.4 is 15.8 Å². The van der Waals surface area contributed by atoms with Crippen molar-refractivity contribution in [2.24, 2.45) is 0 Å². The molecule has 0 radical (unpaired) electrons. The Hall–Kier alpha value is -4.44. The van der Waals surface area contributed by atoms with Gasteiger partial charge in [-0.2, -0.15) is 5.26 Å². The largest absolute Gasteiger partial charge is 0.457 e. The van der Waals surface area contributed by atoms with Crippen LogP contribution in [0.4, 0.5) is 17.2 Å². The molecule has 4 rings (SSSR count). The summed E-state index contributed by atoms with van der Waals surface area (Å²) in [5.41, 5.74) is 9.45. The first-order valence-electron chi connectivity index (χ1n) is 8.79. The molecule has 3 N–H and O–H groups in total. The third-order valence-corrected chi connectivity index (χ3v) is 4.11. The van der Waals surface area contributed by atoms with Gasteiger partial charge in [-0.1, -0.05) is 18.2 Å². The molecule has 2 aromatic carbocycles. The number of nitriles is 1. The summed E-state index contributed by atoms with van der Waals surface area (Å²) >= 11 is 0. The van der Waals surface area contributed by atoms with Gasteiger partial charge in [0.15, 0.2) is 0 Å². The van der Waals surface area contributed by atoms with E-state index in [-0.39, 0.29) is 0 Å². The van der Waals surface area contributed by atoms with E-state index in [0.717, 1.165) is 16.9 Å². The molecule has 0 amide bonds. The zero-order valence-corrected chi connectivity index (χ0v) is 15.3. The lowest BCUT2D eigenvalue weighted by molar-refractivity contribution is 0.482. The Balaban J connectivity index is 1.48. The molecule has 0 spiro atoms. The fourth-order valence-corrected chi connectivity index (χ4v) is 2.73. The lowest BCUT2D eigenvalue weighted by Gasteiger charge is -2.10. The van der Waals surface area contributed by atoms with Crippen molar-refractivity contribution in [2.75, 3.05) is 11.1 Å². The number of aromatic nitrogens is 3. The number of ether oxygens (including phenoxy) is 1. The summed E-state index contributed by atoms with van der Waals surface area (Å²) in [6, 6.07) is 22.1. The van der Waals surface area contributed by atoms with Crippen LogP contribution >= 0.6 is 0 Å². The highest BCUT2D eigenvalue weighted by molar-refractivity contribution is 5.75. The van der Waals surface area contributed by atoms with Crippen LogP contribution in [0.2, 0.25) is 0 Å². The summed E-state index contributed by atoms with van der Waals surface area (Å²) in [6.45, 7) is 0. The van der Waals surface area contributed by atoms with Gasteiger partial charge in [0, 0.05) is 35.3 Å². The Morgan fingerprint density at radius 3 is 2.52 bits per heavy atom. The van der Waals surface area contributed by atoms with Gasteiger partial charge in [0.1, 0.15) is 35.4 Å². The van der Waals surface area contributed by atoms with Crippen molar-refractivity contribution in [2.45, 2.75) is 0 Å². The SMILES string of the molecule is N#Cc1cc(Oc2ccc(Nc3cc(-c4ccccc4N)ncn3)cc2)ccn1. The van der Waals surface area contributed by atoms with Crippen molar-refractivity contribution in [3.05, 3.63) is 84.9 Å². The molecule has 0 bridgehead atoms. The second kappa shape index (κ2) is 8.06. The van der Waals surface area contributed by atoms with Crippen molar-refractivity contribution in [1.29, 1.82) is 5.26 Å². The first-order chi connectivity index (χ1) is 14.2. The van der Waals surface area contributed by atoms with Gasteiger partial charge in [-0.05, 0) is 36.4 Å². The highest BCUT2D eigenvalue weighted by atomic mass is 16.5. The van der Waals surface area contributed by atoms with Crippen LogP contribution in [0.15, 0.2) is 79.3 Å². The molecule has 4 aromatic rings. The lowest BCUT2D eigenvalue weighted by atomic mass is 10.1. The fourth-order valence-electron chi connectivity index (χ4n) is 2.73. The molecule has 0 atom stereocenters. The van der Waals surface area contributed by atoms with Crippen molar-refractivity contribution >= 4 is 17.2 Å². The maximum atomic E-state index is 8.92. The summed E-state index contributed by atoms with van der Waals surface area (Å²) in [7, 11) is 0. The quantitative estimate of drug-likeness (QED) is 0.489. The number of nitrogen functional groups attached to an aromatic ring is 1. The number of hydrogen-bond acceptors (Lipinski definition) is 7. The first-order valence-corrected chi connectivity index (χ1v) is 8.79. The van der Waals surface area contributed by atoms with E-state index in [1.807, 2.05) is 60.7 Å².